The predicted octanol–water partition coefficient (Wildman–Crippen LogP) is 7.04. The fraction of sp³-hybridized carbons (Fsp3) is 0.0741. The van der Waals surface area contributed by atoms with E-state index < -0.39 is 5.97 Å². The molecule has 32 heavy (non-hydrogen) atoms. The fourth-order valence-electron chi connectivity index (χ4n) is 3.41. The maximum atomic E-state index is 11.1. The van der Waals surface area contributed by atoms with Crippen molar-refractivity contribution in [3.8, 4) is 11.5 Å². The van der Waals surface area contributed by atoms with Crippen molar-refractivity contribution in [3.05, 3.63) is 125 Å². The largest absolute Gasteiger partial charge is 0.478 e. The number of hydrogen-bond acceptors (Lipinski definition) is 3. The molecular weight excluding hydrogens is 422 g/mol. The third kappa shape index (κ3) is 5.48. The first-order valence-electron chi connectivity index (χ1n) is 10.2. The van der Waals surface area contributed by atoms with E-state index in [0.29, 0.717) is 11.5 Å². The molecule has 1 N–H and O–H groups in total. The van der Waals surface area contributed by atoms with Gasteiger partial charge in [-0.15, -0.1) is 0 Å². The molecule has 4 aromatic carbocycles. The van der Waals surface area contributed by atoms with Crippen LogP contribution in [0.2, 0.25) is 5.02 Å². The molecule has 160 valence electrons. The van der Waals surface area contributed by atoms with Gasteiger partial charge in [0, 0.05) is 18.8 Å². The van der Waals surface area contributed by atoms with Crippen molar-refractivity contribution in [1.82, 2.24) is 0 Å². The average Bonchev–Trinajstić information content (AvgIpc) is 2.82. The van der Waals surface area contributed by atoms with Gasteiger partial charge in [-0.3, -0.25) is 0 Å². The highest BCUT2D eigenvalue weighted by Crippen LogP contribution is 2.31. The quantitative estimate of drug-likeness (QED) is 0.317. The van der Waals surface area contributed by atoms with Gasteiger partial charge in [-0.05, 0) is 53.6 Å². The zero-order valence-electron chi connectivity index (χ0n) is 17.3. The fourth-order valence-corrected chi connectivity index (χ4v) is 3.63. The minimum absolute atomic E-state index is 0.121. The maximum Gasteiger partial charge on any atom is 0.335 e. The molecule has 0 aliphatic carbocycles. The molecule has 0 spiro atoms. The second-order valence-corrected chi connectivity index (χ2v) is 7.78. The Hall–Kier alpha value is -3.76. The van der Waals surface area contributed by atoms with Crippen LogP contribution in [0.1, 0.15) is 21.5 Å². The molecule has 4 nitrogen and oxygen atoms in total. The van der Waals surface area contributed by atoms with Crippen molar-refractivity contribution < 1.29 is 14.6 Å². The van der Waals surface area contributed by atoms with Crippen LogP contribution in [0.3, 0.4) is 0 Å². The first-order valence-corrected chi connectivity index (χ1v) is 10.6. The maximum absolute atomic E-state index is 11.1. The van der Waals surface area contributed by atoms with Crippen LogP contribution in [0.25, 0.3) is 0 Å². The molecule has 0 heterocycles. The molecule has 0 unspecified atom stereocenters. The molecule has 0 aliphatic heterocycles. The normalized spacial score (nSPS) is 10.5. The van der Waals surface area contributed by atoms with E-state index in [4.69, 9.17) is 21.4 Å². The van der Waals surface area contributed by atoms with E-state index in [1.807, 2.05) is 60.7 Å². The second kappa shape index (κ2) is 10.0. The summed E-state index contributed by atoms with van der Waals surface area (Å²) in [6, 6.07) is 33.0. The molecule has 0 fully saturated rings. The smallest absolute Gasteiger partial charge is 0.335 e. The van der Waals surface area contributed by atoms with Crippen LogP contribution in [0.5, 0.6) is 11.5 Å². The topological polar surface area (TPSA) is 49.8 Å². The highest BCUT2D eigenvalue weighted by atomic mass is 35.5. The number of benzene rings is 4. The Kier molecular flexibility index (Phi) is 6.73. The van der Waals surface area contributed by atoms with Crippen molar-refractivity contribution in [2.24, 2.45) is 0 Å². The summed E-state index contributed by atoms with van der Waals surface area (Å²) >= 11 is 6.19. The van der Waals surface area contributed by atoms with Crippen LogP contribution >= 0.6 is 11.6 Å². The predicted molar refractivity (Wildman–Crippen MR) is 128 cm³/mol. The summed E-state index contributed by atoms with van der Waals surface area (Å²) in [5.74, 6) is 0.00710. The molecule has 0 atom stereocenters. The number of hydrogen-bond donors (Lipinski definition) is 1. The summed E-state index contributed by atoms with van der Waals surface area (Å²) in [5, 5.41) is 9.33. The molecule has 5 heteroatoms. The van der Waals surface area contributed by atoms with Crippen LogP contribution in [0.15, 0.2) is 103 Å². The molecular formula is C27H22ClNO3. The lowest BCUT2D eigenvalue weighted by molar-refractivity contribution is 0.0697. The Labute approximate surface area is 192 Å². The monoisotopic (exact) mass is 443 g/mol. The van der Waals surface area contributed by atoms with Gasteiger partial charge >= 0.3 is 5.97 Å². The summed E-state index contributed by atoms with van der Waals surface area (Å²) in [6.45, 7) is 1.55. The summed E-state index contributed by atoms with van der Waals surface area (Å²) in [7, 11) is 0. The van der Waals surface area contributed by atoms with Gasteiger partial charge < -0.3 is 14.7 Å². The standard InChI is InChI=1S/C27H22ClNO3/c28-25-17-22(27(30)31)11-16-26(25)32-24-14-12-23(13-15-24)29(18-20-7-3-1-4-8-20)19-21-9-5-2-6-10-21/h1-17H,18-19H2,(H,30,31). The molecule has 0 saturated carbocycles. The van der Waals surface area contributed by atoms with Gasteiger partial charge in [-0.25, -0.2) is 4.79 Å². The number of carbonyl (C=O) groups is 1. The Morgan fingerprint density at radius 1 is 0.781 bits per heavy atom. The average molecular weight is 444 g/mol. The second-order valence-electron chi connectivity index (χ2n) is 7.37. The van der Waals surface area contributed by atoms with E-state index in [0.717, 1.165) is 18.8 Å². The lowest BCUT2D eigenvalue weighted by atomic mass is 10.1. The number of anilines is 1. The van der Waals surface area contributed by atoms with Gasteiger partial charge in [-0.2, -0.15) is 0 Å². The molecule has 4 rings (SSSR count). The lowest BCUT2D eigenvalue weighted by Crippen LogP contribution is -2.22. The third-order valence-electron chi connectivity index (χ3n) is 5.04. The molecule has 0 aliphatic rings. The van der Waals surface area contributed by atoms with Crippen molar-refractivity contribution >= 4 is 23.3 Å². The van der Waals surface area contributed by atoms with Crippen molar-refractivity contribution in [2.75, 3.05) is 4.90 Å². The molecule has 0 aromatic heterocycles. The van der Waals surface area contributed by atoms with E-state index in [1.54, 1.807) is 6.07 Å². The number of ether oxygens (including phenoxy) is 1. The Morgan fingerprint density at radius 3 is 1.84 bits per heavy atom. The summed E-state index contributed by atoms with van der Waals surface area (Å²) in [6.07, 6.45) is 0. The number of rotatable bonds is 8. The van der Waals surface area contributed by atoms with Gasteiger partial charge in [0.25, 0.3) is 0 Å². The van der Waals surface area contributed by atoms with Crippen molar-refractivity contribution in [3.63, 3.8) is 0 Å². The third-order valence-corrected chi connectivity index (χ3v) is 5.34. The summed E-state index contributed by atoms with van der Waals surface area (Å²) < 4.78 is 5.87. The lowest BCUT2D eigenvalue weighted by Gasteiger charge is -2.25. The minimum atomic E-state index is -1.03. The minimum Gasteiger partial charge on any atom is -0.478 e. The summed E-state index contributed by atoms with van der Waals surface area (Å²) in [5.41, 5.74) is 3.65. The Morgan fingerprint density at radius 2 is 1.34 bits per heavy atom. The molecule has 0 radical (unpaired) electrons. The molecule has 0 bridgehead atoms. The first kappa shape index (κ1) is 21.5. The number of carboxylic acids is 1. The van der Waals surface area contributed by atoms with E-state index in [-0.39, 0.29) is 10.6 Å². The van der Waals surface area contributed by atoms with E-state index in [2.05, 4.69) is 29.2 Å². The molecule has 4 aromatic rings. The van der Waals surface area contributed by atoms with Crippen molar-refractivity contribution in [2.45, 2.75) is 13.1 Å². The first-order chi connectivity index (χ1) is 15.6. The van der Waals surface area contributed by atoms with Crippen molar-refractivity contribution in [1.29, 1.82) is 0 Å². The van der Waals surface area contributed by atoms with Crippen LogP contribution in [0.4, 0.5) is 5.69 Å². The highest BCUT2D eigenvalue weighted by molar-refractivity contribution is 6.32. The molecule has 0 amide bonds. The number of halogens is 1. The van der Waals surface area contributed by atoms with Gasteiger partial charge in [0.1, 0.15) is 11.5 Å². The number of nitrogens with zero attached hydrogens (tertiary/aromatic N) is 1. The van der Waals surface area contributed by atoms with Crippen LogP contribution in [0, 0.1) is 0 Å². The van der Waals surface area contributed by atoms with Gasteiger partial charge in [0.05, 0.1) is 10.6 Å². The van der Waals surface area contributed by atoms with Crippen LogP contribution < -0.4 is 9.64 Å². The molecule has 0 saturated heterocycles. The van der Waals surface area contributed by atoms with Crippen LogP contribution in [-0.4, -0.2) is 11.1 Å². The zero-order chi connectivity index (χ0) is 22.3. The summed E-state index contributed by atoms with van der Waals surface area (Å²) in [4.78, 5) is 13.4. The SMILES string of the molecule is O=C(O)c1ccc(Oc2ccc(N(Cc3ccccc3)Cc3ccccc3)cc2)c(Cl)c1. The van der Waals surface area contributed by atoms with E-state index in [1.165, 1.54) is 23.3 Å². The highest BCUT2D eigenvalue weighted by Gasteiger charge is 2.11. The number of carboxylic acid groups (broad SMARTS) is 1. The number of aromatic carboxylic acids is 1. The van der Waals surface area contributed by atoms with Gasteiger partial charge in [0.2, 0.25) is 0 Å². The van der Waals surface area contributed by atoms with E-state index >= 15 is 0 Å². The van der Waals surface area contributed by atoms with Gasteiger partial charge in [0.15, 0.2) is 0 Å². The van der Waals surface area contributed by atoms with Gasteiger partial charge in [-0.1, -0.05) is 72.3 Å². The van der Waals surface area contributed by atoms with E-state index in [9.17, 15) is 4.79 Å². The Balaban J connectivity index is 1.54. The van der Waals surface area contributed by atoms with Crippen LogP contribution in [-0.2, 0) is 13.1 Å². The zero-order valence-corrected chi connectivity index (χ0v) is 18.1. The Bertz CT molecular complexity index is 1140.